The third-order valence-electron chi connectivity index (χ3n) is 2.83. The van der Waals surface area contributed by atoms with E-state index in [1.165, 1.54) is 14.2 Å². The summed E-state index contributed by atoms with van der Waals surface area (Å²) in [4.78, 5) is 8.28. The zero-order valence-corrected chi connectivity index (χ0v) is 11.4. The third kappa shape index (κ3) is 2.28. The molecule has 0 aliphatic heterocycles. The van der Waals surface area contributed by atoms with Crippen molar-refractivity contribution < 1.29 is 9.47 Å². The SMILES string of the molecule is COc1nc2c(nc1OC)=C(CN)CC(C)(Cl)C=2. The molecule has 0 saturated heterocycles. The van der Waals surface area contributed by atoms with Crippen molar-refractivity contribution in [3.05, 3.63) is 10.7 Å². The van der Waals surface area contributed by atoms with Gasteiger partial charge in [-0.2, -0.15) is 0 Å². The van der Waals surface area contributed by atoms with Crippen LogP contribution < -0.4 is 25.9 Å². The summed E-state index contributed by atoms with van der Waals surface area (Å²) in [6, 6.07) is 0. The van der Waals surface area contributed by atoms with E-state index >= 15 is 0 Å². The molecule has 1 unspecified atom stereocenters. The van der Waals surface area contributed by atoms with Gasteiger partial charge in [-0.05, 0) is 25.0 Å². The van der Waals surface area contributed by atoms with Crippen LogP contribution in [0, 0.1) is 0 Å². The fourth-order valence-corrected chi connectivity index (χ4v) is 2.31. The summed E-state index contributed by atoms with van der Waals surface area (Å²) in [5, 5.41) is 1.44. The maximum atomic E-state index is 6.37. The molecule has 1 aromatic rings. The predicted octanol–water partition coefficient (Wildman–Crippen LogP) is -0.215. The van der Waals surface area contributed by atoms with Crippen molar-refractivity contribution in [1.82, 2.24) is 9.97 Å². The lowest BCUT2D eigenvalue weighted by molar-refractivity contribution is 0.329. The Bertz CT molecular complexity index is 584. The second-order valence-electron chi connectivity index (χ2n) is 4.38. The van der Waals surface area contributed by atoms with Crippen molar-refractivity contribution in [2.75, 3.05) is 20.8 Å². The van der Waals surface area contributed by atoms with Crippen molar-refractivity contribution >= 4 is 23.3 Å². The average Bonchev–Trinajstić information content (AvgIpc) is 2.35. The molecular weight excluding hydrogens is 254 g/mol. The van der Waals surface area contributed by atoms with Gasteiger partial charge in [0.15, 0.2) is 0 Å². The molecule has 6 heteroatoms. The summed E-state index contributed by atoms with van der Waals surface area (Å²) in [6.07, 6.45) is 2.53. The van der Waals surface area contributed by atoms with E-state index in [1.54, 1.807) is 0 Å². The number of aromatic nitrogens is 2. The predicted molar refractivity (Wildman–Crippen MR) is 70.2 cm³/mol. The van der Waals surface area contributed by atoms with E-state index in [4.69, 9.17) is 26.8 Å². The molecule has 1 atom stereocenters. The fraction of sp³-hybridized carbons (Fsp3) is 0.500. The van der Waals surface area contributed by atoms with Crippen molar-refractivity contribution in [3.63, 3.8) is 0 Å². The average molecular weight is 270 g/mol. The highest BCUT2D eigenvalue weighted by atomic mass is 35.5. The van der Waals surface area contributed by atoms with Gasteiger partial charge in [0.1, 0.15) is 0 Å². The van der Waals surface area contributed by atoms with E-state index in [1.807, 2.05) is 13.0 Å². The second-order valence-corrected chi connectivity index (χ2v) is 5.25. The van der Waals surface area contributed by atoms with Gasteiger partial charge in [-0.3, -0.25) is 0 Å². The smallest absolute Gasteiger partial charge is 0.278 e. The van der Waals surface area contributed by atoms with Crippen LogP contribution in [0.4, 0.5) is 0 Å². The molecule has 1 heterocycles. The molecule has 1 aliphatic rings. The zero-order valence-electron chi connectivity index (χ0n) is 10.7. The molecule has 0 spiro atoms. The van der Waals surface area contributed by atoms with Gasteiger partial charge in [0.05, 0.1) is 29.8 Å². The molecule has 0 bridgehead atoms. The quantitative estimate of drug-likeness (QED) is 0.769. The highest BCUT2D eigenvalue weighted by Crippen LogP contribution is 2.27. The van der Waals surface area contributed by atoms with Gasteiger partial charge >= 0.3 is 0 Å². The van der Waals surface area contributed by atoms with Gasteiger partial charge < -0.3 is 15.2 Å². The van der Waals surface area contributed by atoms with Crippen LogP contribution in [0.1, 0.15) is 13.3 Å². The minimum absolute atomic E-state index is 0.346. The van der Waals surface area contributed by atoms with E-state index in [-0.39, 0.29) is 0 Å². The van der Waals surface area contributed by atoms with Gasteiger partial charge in [0.25, 0.3) is 11.8 Å². The first kappa shape index (κ1) is 13.1. The van der Waals surface area contributed by atoms with E-state index in [9.17, 15) is 0 Å². The largest absolute Gasteiger partial charge is 0.477 e. The van der Waals surface area contributed by atoms with Crippen LogP contribution >= 0.6 is 11.6 Å². The molecule has 0 radical (unpaired) electrons. The number of hydrogen-bond donors (Lipinski definition) is 1. The molecule has 5 nitrogen and oxygen atoms in total. The number of methoxy groups -OCH3 is 2. The number of ether oxygens (including phenoxy) is 2. The minimum atomic E-state index is -0.490. The molecule has 0 saturated carbocycles. The molecule has 98 valence electrons. The molecule has 1 aromatic heterocycles. The molecule has 18 heavy (non-hydrogen) atoms. The maximum Gasteiger partial charge on any atom is 0.278 e. The van der Waals surface area contributed by atoms with E-state index in [0.717, 1.165) is 10.9 Å². The number of halogens is 1. The molecule has 1 aliphatic carbocycles. The summed E-state index contributed by atoms with van der Waals surface area (Å²) in [7, 11) is 3.05. The first-order chi connectivity index (χ1) is 8.50. The molecule has 2 rings (SSSR count). The number of nitrogens with zero attached hydrogens (tertiary/aromatic N) is 2. The zero-order chi connectivity index (χ0) is 13.3. The maximum absolute atomic E-state index is 6.37. The van der Waals surface area contributed by atoms with Gasteiger partial charge in [0.2, 0.25) is 0 Å². The number of fused-ring (bicyclic) bond motifs is 1. The van der Waals surface area contributed by atoms with Crippen molar-refractivity contribution in [2.24, 2.45) is 5.73 Å². The van der Waals surface area contributed by atoms with Crippen molar-refractivity contribution in [3.8, 4) is 11.8 Å². The minimum Gasteiger partial charge on any atom is -0.477 e. The molecule has 2 N–H and O–H groups in total. The standard InChI is InChI=1S/C12H16ClN3O2/c1-12(13)4-7(6-14)9-8(5-12)15-10(17-2)11(16-9)18-3/h5H,4,6,14H2,1-3H3. The van der Waals surface area contributed by atoms with E-state index in [2.05, 4.69) is 9.97 Å². The summed E-state index contributed by atoms with van der Waals surface area (Å²) >= 11 is 6.37. The first-order valence-electron chi connectivity index (χ1n) is 5.60. The highest BCUT2D eigenvalue weighted by Gasteiger charge is 2.25. The molecule has 0 amide bonds. The van der Waals surface area contributed by atoms with E-state index < -0.39 is 4.87 Å². The van der Waals surface area contributed by atoms with E-state index in [0.29, 0.717) is 30.1 Å². The number of nitrogens with two attached hydrogens (primary N) is 1. The fourth-order valence-electron chi connectivity index (χ4n) is 2.05. The van der Waals surface area contributed by atoms with Crippen molar-refractivity contribution in [2.45, 2.75) is 18.2 Å². The lowest BCUT2D eigenvalue weighted by Crippen LogP contribution is -2.42. The van der Waals surface area contributed by atoms with Gasteiger partial charge in [-0.1, -0.05) is 0 Å². The Kier molecular flexibility index (Phi) is 3.45. The van der Waals surface area contributed by atoms with Crippen LogP contribution in [0.5, 0.6) is 11.8 Å². The van der Waals surface area contributed by atoms with Gasteiger partial charge in [0, 0.05) is 6.54 Å². The monoisotopic (exact) mass is 269 g/mol. The Morgan fingerprint density at radius 2 is 1.94 bits per heavy atom. The van der Waals surface area contributed by atoms with Crippen LogP contribution in [0.15, 0.2) is 0 Å². The highest BCUT2D eigenvalue weighted by molar-refractivity contribution is 6.27. The van der Waals surface area contributed by atoms with Gasteiger partial charge in [-0.15, -0.1) is 11.6 Å². The summed E-state index contributed by atoms with van der Waals surface area (Å²) in [5.41, 5.74) is 6.72. The third-order valence-corrected chi connectivity index (χ3v) is 3.07. The van der Waals surface area contributed by atoms with Crippen LogP contribution in [-0.2, 0) is 0 Å². The Labute approximate surface area is 110 Å². The molecule has 0 fully saturated rings. The Balaban J connectivity index is 2.79. The topological polar surface area (TPSA) is 70.3 Å². The van der Waals surface area contributed by atoms with Crippen LogP contribution in [-0.4, -0.2) is 35.6 Å². The Morgan fingerprint density at radius 3 is 2.50 bits per heavy atom. The molecule has 0 aromatic carbocycles. The Hall–Kier alpha value is -1.33. The van der Waals surface area contributed by atoms with Crippen LogP contribution in [0.25, 0.3) is 11.6 Å². The lowest BCUT2D eigenvalue weighted by atomic mass is 9.95. The summed E-state index contributed by atoms with van der Waals surface area (Å²) in [6.45, 7) is 2.32. The van der Waals surface area contributed by atoms with Crippen LogP contribution in [0.2, 0.25) is 0 Å². The normalized spacial score (nSPS) is 22.2. The summed E-state index contributed by atoms with van der Waals surface area (Å²) in [5.74, 6) is 0.701. The second kappa shape index (κ2) is 4.74. The Morgan fingerprint density at radius 1 is 1.33 bits per heavy atom. The van der Waals surface area contributed by atoms with Gasteiger partial charge in [-0.25, -0.2) is 9.97 Å². The summed E-state index contributed by atoms with van der Waals surface area (Å²) < 4.78 is 10.3. The number of alkyl halides is 1. The number of rotatable bonds is 3. The molecular formula is C12H16ClN3O2. The first-order valence-corrected chi connectivity index (χ1v) is 5.98. The lowest BCUT2D eigenvalue weighted by Gasteiger charge is -2.22. The van der Waals surface area contributed by atoms with Crippen LogP contribution in [0.3, 0.4) is 0 Å². The van der Waals surface area contributed by atoms with Crippen molar-refractivity contribution in [1.29, 1.82) is 0 Å². The number of hydrogen-bond acceptors (Lipinski definition) is 5.